The molecule has 1 aromatic heterocycles. The van der Waals surface area contributed by atoms with Crippen molar-refractivity contribution >= 4 is 40.2 Å². The molecular formula is C27H23ClN4OS. The number of hydrogen-bond acceptors (Lipinski definition) is 4. The Kier molecular flexibility index (Phi) is 5.94. The fraction of sp³-hybridized carbons (Fsp3) is 0.148. The van der Waals surface area contributed by atoms with Gasteiger partial charge in [0.05, 0.1) is 11.6 Å². The van der Waals surface area contributed by atoms with E-state index in [2.05, 4.69) is 42.5 Å². The van der Waals surface area contributed by atoms with Crippen LogP contribution in [-0.4, -0.2) is 15.3 Å². The van der Waals surface area contributed by atoms with Crippen LogP contribution in [0.1, 0.15) is 35.5 Å². The lowest BCUT2D eigenvalue weighted by Crippen LogP contribution is -2.46. The van der Waals surface area contributed by atoms with Crippen LogP contribution < -0.4 is 10.2 Å². The molecule has 1 unspecified atom stereocenters. The first kappa shape index (κ1) is 22.3. The second kappa shape index (κ2) is 9.05. The van der Waals surface area contributed by atoms with E-state index in [-0.39, 0.29) is 6.04 Å². The fourth-order valence-corrected chi connectivity index (χ4v) is 4.62. The van der Waals surface area contributed by atoms with Crippen LogP contribution in [0.5, 0.6) is 0 Å². The van der Waals surface area contributed by atoms with Crippen molar-refractivity contribution in [2.24, 2.45) is 0 Å². The zero-order valence-electron chi connectivity index (χ0n) is 19.0. The van der Waals surface area contributed by atoms with Crippen LogP contribution in [0.15, 0.2) is 83.0 Å². The molecule has 1 atom stereocenters. The molecule has 1 aliphatic heterocycles. The Balaban J connectivity index is 1.66. The van der Waals surface area contributed by atoms with Gasteiger partial charge in [-0.05, 0) is 73.9 Å². The molecule has 4 aromatic rings. The second-order valence-electron chi connectivity index (χ2n) is 8.33. The standard InChI is InChI=1S/C27H23ClN4OS/c1-16-9-14-22(15-17(16)2)32-18(3)23(24(29-27(32)34)19-10-12-21(28)13-11-19)26-30-25(31-33-26)20-7-5-4-6-8-20/h4-15,24H,1-3H3,(H,29,34). The normalized spacial score (nSPS) is 16.1. The van der Waals surface area contributed by atoms with Crippen LogP contribution in [-0.2, 0) is 0 Å². The second-order valence-corrected chi connectivity index (χ2v) is 9.15. The maximum Gasteiger partial charge on any atom is 0.258 e. The molecule has 34 heavy (non-hydrogen) atoms. The molecule has 1 N–H and O–H groups in total. The molecule has 0 aliphatic carbocycles. The molecule has 0 saturated heterocycles. The van der Waals surface area contributed by atoms with Crippen LogP contribution in [0.25, 0.3) is 17.0 Å². The molecule has 0 saturated carbocycles. The number of anilines is 1. The Morgan fingerprint density at radius 3 is 2.38 bits per heavy atom. The lowest BCUT2D eigenvalue weighted by Gasteiger charge is -2.37. The van der Waals surface area contributed by atoms with Crippen molar-refractivity contribution in [3.8, 4) is 11.4 Å². The van der Waals surface area contributed by atoms with Crippen molar-refractivity contribution in [1.29, 1.82) is 0 Å². The number of benzene rings is 3. The summed E-state index contributed by atoms with van der Waals surface area (Å²) in [5, 5.41) is 9.03. The third-order valence-electron chi connectivity index (χ3n) is 6.13. The molecule has 1 aliphatic rings. The molecule has 3 aromatic carbocycles. The van der Waals surface area contributed by atoms with Gasteiger partial charge in [0.25, 0.3) is 5.89 Å². The van der Waals surface area contributed by atoms with Crippen molar-refractivity contribution in [1.82, 2.24) is 15.5 Å². The van der Waals surface area contributed by atoms with Crippen LogP contribution in [0.2, 0.25) is 5.02 Å². The first-order chi connectivity index (χ1) is 16.4. The first-order valence-corrected chi connectivity index (χ1v) is 11.7. The minimum atomic E-state index is -0.267. The summed E-state index contributed by atoms with van der Waals surface area (Å²) in [6.07, 6.45) is 0. The third-order valence-corrected chi connectivity index (χ3v) is 6.68. The predicted molar refractivity (Wildman–Crippen MR) is 141 cm³/mol. The molecule has 5 nitrogen and oxygen atoms in total. The van der Waals surface area contributed by atoms with Crippen LogP contribution in [0, 0.1) is 13.8 Å². The van der Waals surface area contributed by atoms with Gasteiger partial charge in [0, 0.05) is 22.0 Å². The summed E-state index contributed by atoms with van der Waals surface area (Å²) in [6.45, 7) is 6.23. The minimum Gasteiger partial charge on any atom is -0.351 e. The Bertz CT molecular complexity index is 1400. The van der Waals surface area contributed by atoms with E-state index in [0.29, 0.717) is 21.9 Å². The highest BCUT2D eigenvalue weighted by Crippen LogP contribution is 2.39. The van der Waals surface area contributed by atoms with Crippen molar-refractivity contribution in [2.75, 3.05) is 4.90 Å². The average molecular weight is 487 g/mol. The van der Waals surface area contributed by atoms with Gasteiger partial charge in [-0.1, -0.05) is 65.3 Å². The van der Waals surface area contributed by atoms with Gasteiger partial charge in [-0.25, -0.2) is 0 Å². The van der Waals surface area contributed by atoms with Crippen LogP contribution >= 0.6 is 23.8 Å². The Morgan fingerprint density at radius 2 is 1.68 bits per heavy atom. The third kappa shape index (κ3) is 4.11. The van der Waals surface area contributed by atoms with Crippen LogP contribution in [0.3, 0.4) is 0 Å². The summed E-state index contributed by atoms with van der Waals surface area (Å²) in [5.41, 5.74) is 7.08. The first-order valence-electron chi connectivity index (χ1n) is 11.0. The monoisotopic (exact) mass is 486 g/mol. The maximum absolute atomic E-state index is 6.16. The Morgan fingerprint density at radius 1 is 0.941 bits per heavy atom. The van der Waals surface area contributed by atoms with E-state index < -0.39 is 0 Å². The molecule has 7 heteroatoms. The number of halogens is 1. The number of rotatable bonds is 4. The molecule has 0 radical (unpaired) electrons. The van der Waals surface area contributed by atoms with Crippen molar-refractivity contribution in [3.63, 3.8) is 0 Å². The van der Waals surface area contributed by atoms with Gasteiger partial charge in [-0.3, -0.25) is 4.90 Å². The topological polar surface area (TPSA) is 54.2 Å². The number of thiocarbonyl (C=S) groups is 1. The molecule has 170 valence electrons. The number of allylic oxidation sites excluding steroid dienone is 1. The van der Waals surface area contributed by atoms with Crippen LogP contribution in [0.4, 0.5) is 5.69 Å². The SMILES string of the molecule is CC1=C(c2nc(-c3ccccc3)no2)C(c2ccc(Cl)cc2)NC(=S)N1c1ccc(C)c(C)c1. The molecule has 0 fully saturated rings. The molecular weight excluding hydrogens is 464 g/mol. The Hall–Kier alpha value is -3.48. The van der Waals surface area contributed by atoms with Gasteiger partial charge < -0.3 is 9.84 Å². The number of nitrogens with one attached hydrogen (secondary N) is 1. The van der Waals surface area contributed by atoms with E-state index >= 15 is 0 Å². The lowest BCUT2D eigenvalue weighted by molar-refractivity contribution is 0.404. The summed E-state index contributed by atoms with van der Waals surface area (Å²) < 4.78 is 5.81. The van der Waals surface area contributed by atoms with E-state index in [9.17, 15) is 0 Å². The van der Waals surface area contributed by atoms with E-state index in [1.807, 2.05) is 66.4 Å². The summed E-state index contributed by atoms with van der Waals surface area (Å²) >= 11 is 12.0. The summed E-state index contributed by atoms with van der Waals surface area (Å²) in [6, 6.07) is 23.5. The van der Waals surface area contributed by atoms with E-state index in [0.717, 1.165) is 28.1 Å². The zero-order valence-corrected chi connectivity index (χ0v) is 20.6. The highest BCUT2D eigenvalue weighted by atomic mass is 35.5. The van der Waals surface area contributed by atoms with Gasteiger partial charge in [-0.2, -0.15) is 4.98 Å². The fourth-order valence-electron chi connectivity index (χ4n) is 4.14. The van der Waals surface area contributed by atoms with E-state index in [4.69, 9.17) is 33.3 Å². The molecule has 2 heterocycles. The molecule has 5 rings (SSSR count). The largest absolute Gasteiger partial charge is 0.351 e. The average Bonchev–Trinajstić information content (AvgIpc) is 3.32. The van der Waals surface area contributed by atoms with Gasteiger partial charge in [0.15, 0.2) is 5.11 Å². The molecule has 0 amide bonds. The molecule has 0 bridgehead atoms. The van der Waals surface area contributed by atoms with Crippen molar-refractivity contribution in [3.05, 3.63) is 106 Å². The summed E-state index contributed by atoms with van der Waals surface area (Å²) in [5.74, 6) is 0.983. The maximum atomic E-state index is 6.16. The number of nitrogens with zero attached hydrogens (tertiary/aromatic N) is 3. The lowest BCUT2D eigenvalue weighted by atomic mass is 9.94. The van der Waals surface area contributed by atoms with Gasteiger partial charge >= 0.3 is 0 Å². The highest BCUT2D eigenvalue weighted by Gasteiger charge is 2.34. The number of hydrogen-bond donors (Lipinski definition) is 1. The Labute approximate surface area is 209 Å². The number of aromatic nitrogens is 2. The van der Waals surface area contributed by atoms with Gasteiger partial charge in [0.1, 0.15) is 0 Å². The molecule has 0 spiro atoms. The predicted octanol–water partition coefficient (Wildman–Crippen LogP) is 6.87. The van der Waals surface area contributed by atoms with Gasteiger partial charge in [-0.15, -0.1) is 0 Å². The minimum absolute atomic E-state index is 0.267. The number of aryl methyl sites for hydroxylation is 2. The van der Waals surface area contributed by atoms with Crippen molar-refractivity contribution in [2.45, 2.75) is 26.8 Å². The van der Waals surface area contributed by atoms with Gasteiger partial charge in [0.2, 0.25) is 5.82 Å². The van der Waals surface area contributed by atoms with E-state index in [1.54, 1.807) is 0 Å². The quantitative estimate of drug-likeness (QED) is 0.317. The van der Waals surface area contributed by atoms with E-state index in [1.165, 1.54) is 11.1 Å². The zero-order chi connectivity index (χ0) is 23.8. The summed E-state index contributed by atoms with van der Waals surface area (Å²) in [4.78, 5) is 6.78. The van der Waals surface area contributed by atoms with Crippen molar-refractivity contribution < 1.29 is 4.52 Å². The smallest absolute Gasteiger partial charge is 0.258 e. The highest BCUT2D eigenvalue weighted by molar-refractivity contribution is 7.80. The summed E-state index contributed by atoms with van der Waals surface area (Å²) in [7, 11) is 0.